The van der Waals surface area contributed by atoms with Gasteiger partial charge in [-0.15, -0.1) is 11.3 Å². The number of thiophene rings is 1. The number of para-hydroxylation sites is 2. The van der Waals surface area contributed by atoms with Gasteiger partial charge in [-0.1, -0.05) is 82.7 Å². The Morgan fingerprint density at radius 2 is 1.66 bits per heavy atom. The fourth-order valence-corrected chi connectivity index (χ4v) is 7.44. The predicted octanol–water partition coefficient (Wildman–Crippen LogP) is 6.37. The van der Waals surface area contributed by atoms with E-state index in [-0.39, 0.29) is 17.5 Å². The smallest absolute Gasteiger partial charge is 0.238 e. The third-order valence-electron chi connectivity index (χ3n) is 7.99. The van der Waals surface area contributed by atoms with Gasteiger partial charge in [0.1, 0.15) is 11.5 Å². The molecule has 4 atom stereocenters. The fraction of sp³-hybridized carbons (Fsp3) is 0.129. The average Bonchev–Trinajstić information content (AvgIpc) is 3.65. The molecule has 1 spiro atoms. The molecule has 0 unspecified atom stereocenters. The van der Waals surface area contributed by atoms with Crippen molar-refractivity contribution in [1.82, 2.24) is 0 Å². The van der Waals surface area contributed by atoms with E-state index >= 15 is 0 Å². The van der Waals surface area contributed by atoms with E-state index in [2.05, 4.69) is 21.2 Å². The molecule has 4 aromatic rings. The van der Waals surface area contributed by atoms with Crippen molar-refractivity contribution in [3.05, 3.63) is 122 Å². The normalized spacial score (nSPS) is 24.6. The Bertz CT molecular complexity index is 1650. The Morgan fingerprint density at radius 3 is 2.45 bits per heavy atom. The quantitative estimate of drug-likeness (QED) is 0.285. The van der Waals surface area contributed by atoms with Crippen LogP contribution in [0.2, 0.25) is 0 Å². The van der Waals surface area contributed by atoms with Gasteiger partial charge < -0.3 is 10.2 Å². The van der Waals surface area contributed by atoms with Gasteiger partial charge in [0.05, 0.1) is 16.8 Å². The summed E-state index contributed by atoms with van der Waals surface area (Å²) in [5.41, 5.74) is 2.41. The van der Waals surface area contributed by atoms with Gasteiger partial charge in [-0.3, -0.25) is 14.4 Å². The van der Waals surface area contributed by atoms with Crippen LogP contribution in [0.5, 0.6) is 0 Å². The Kier molecular flexibility index (Phi) is 5.29. The van der Waals surface area contributed by atoms with Crippen molar-refractivity contribution in [2.24, 2.45) is 5.92 Å². The summed E-state index contributed by atoms with van der Waals surface area (Å²) in [7, 11) is 0. The number of nitrogens with one attached hydrogen (secondary N) is 1. The minimum absolute atomic E-state index is 0.153. The van der Waals surface area contributed by atoms with Crippen LogP contribution in [0.1, 0.15) is 31.2 Å². The third-order valence-corrected chi connectivity index (χ3v) is 9.40. The first-order chi connectivity index (χ1) is 18.5. The van der Waals surface area contributed by atoms with Crippen molar-refractivity contribution in [1.29, 1.82) is 0 Å². The summed E-state index contributed by atoms with van der Waals surface area (Å²) in [6, 6.07) is 24.8. The monoisotopic (exact) mass is 580 g/mol. The molecule has 1 N–H and O–H groups in total. The standard InChI is InChI=1S/C31H21BrN2O3S/c32-20-14-11-19(12-15-20)28(35)26-27(29(36)24-10-5-17-38-24)34-23-9-4-1-6-18(23)13-16-25(34)31(26)21-7-2-3-8-22(21)33-30(31)37/h1-17,25-27H,(H,33,37)/t25-,26+,27+,31-/m1/s1. The molecule has 0 radical (unpaired) electrons. The molecule has 7 heteroatoms. The number of benzene rings is 3. The first-order valence-electron chi connectivity index (χ1n) is 12.4. The number of Topliss-reactive ketones (excluding diaryl/α,β-unsaturated/α-hetero) is 2. The molecule has 0 aliphatic carbocycles. The molecular weight excluding hydrogens is 560 g/mol. The van der Waals surface area contributed by atoms with E-state index in [1.807, 2.05) is 89.2 Å². The molecule has 38 heavy (non-hydrogen) atoms. The first kappa shape index (κ1) is 23.3. The molecule has 4 heterocycles. The summed E-state index contributed by atoms with van der Waals surface area (Å²) in [6.07, 6.45) is 4.00. The SMILES string of the molecule is O=C(c1cccs1)[C@@H]1[C@@H](C(=O)c2ccc(Br)cc2)[C@]2(C(=O)Nc3ccccc32)[C@H]2C=Cc3ccccc3N12. The van der Waals surface area contributed by atoms with Gasteiger partial charge in [0.25, 0.3) is 0 Å². The van der Waals surface area contributed by atoms with Gasteiger partial charge in [0.15, 0.2) is 11.6 Å². The Morgan fingerprint density at radius 1 is 0.895 bits per heavy atom. The highest BCUT2D eigenvalue weighted by Gasteiger charge is 2.70. The lowest BCUT2D eigenvalue weighted by atomic mass is 9.64. The second kappa shape index (κ2) is 8.61. The van der Waals surface area contributed by atoms with Gasteiger partial charge >= 0.3 is 0 Å². The van der Waals surface area contributed by atoms with E-state index in [0.29, 0.717) is 16.1 Å². The molecule has 1 fully saturated rings. The highest BCUT2D eigenvalue weighted by Crippen LogP contribution is 2.58. The van der Waals surface area contributed by atoms with Crippen LogP contribution in [0.4, 0.5) is 11.4 Å². The van der Waals surface area contributed by atoms with Crippen LogP contribution in [0, 0.1) is 5.92 Å². The van der Waals surface area contributed by atoms with Crippen LogP contribution in [-0.2, 0) is 10.2 Å². The topological polar surface area (TPSA) is 66.5 Å². The van der Waals surface area contributed by atoms with Crippen LogP contribution in [0.25, 0.3) is 6.08 Å². The lowest BCUT2D eigenvalue weighted by Gasteiger charge is -2.37. The van der Waals surface area contributed by atoms with Gasteiger partial charge in [-0.05, 0) is 46.8 Å². The molecule has 1 saturated heterocycles. The van der Waals surface area contributed by atoms with E-state index < -0.39 is 23.4 Å². The van der Waals surface area contributed by atoms with Gasteiger partial charge in [-0.2, -0.15) is 0 Å². The van der Waals surface area contributed by atoms with Gasteiger partial charge in [-0.25, -0.2) is 0 Å². The zero-order chi connectivity index (χ0) is 26.0. The summed E-state index contributed by atoms with van der Waals surface area (Å²) in [5, 5.41) is 4.92. The molecule has 1 aromatic heterocycles. The van der Waals surface area contributed by atoms with Crippen molar-refractivity contribution in [2.75, 3.05) is 10.2 Å². The van der Waals surface area contributed by atoms with Crippen molar-refractivity contribution < 1.29 is 14.4 Å². The Hall–Kier alpha value is -3.81. The number of hydrogen-bond donors (Lipinski definition) is 1. The maximum absolute atomic E-state index is 14.6. The molecule has 1 amide bonds. The summed E-state index contributed by atoms with van der Waals surface area (Å²) in [6.45, 7) is 0. The molecule has 186 valence electrons. The molecule has 0 saturated carbocycles. The largest absolute Gasteiger partial charge is 0.352 e. The number of fused-ring (bicyclic) bond motifs is 6. The maximum Gasteiger partial charge on any atom is 0.238 e. The van der Waals surface area contributed by atoms with Crippen LogP contribution >= 0.6 is 27.3 Å². The van der Waals surface area contributed by atoms with Crippen molar-refractivity contribution in [2.45, 2.75) is 17.5 Å². The van der Waals surface area contributed by atoms with E-state index in [9.17, 15) is 14.4 Å². The van der Waals surface area contributed by atoms with Crippen LogP contribution < -0.4 is 10.2 Å². The fourth-order valence-electron chi connectivity index (χ4n) is 6.48. The molecule has 3 aliphatic heterocycles. The maximum atomic E-state index is 14.6. The van der Waals surface area contributed by atoms with E-state index in [1.165, 1.54) is 11.3 Å². The van der Waals surface area contributed by atoms with Crippen LogP contribution in [0.3, 0.4) is 0 Å². The number of hydrogen-bond acceptors (Lipinski definition) is 5. The number of amides is 1. The molecule has 3 aliphatic rings. The van der Waals surface area contributed by atoms with Gasteiger partial charge in [0.2, 0.25) is 5.91 Å². The average molecular weight is 581 g/mol. The van der Waals surface area contributed by atoms with Crippen LogP contribution in [0.15, 0.2) is 101 Å². The Labute approximate surface area is 231 Å². The number of ketones is 2. The summed E-state index contributed by atoms with van der Waals surface area (Å²) in [5.74, 6) is -1.59. The number of nitrogens with zero attached hydrogens (tertiary/aromatic N) is 1. The van der Waals surface area contributed by atoms with E-state index in [0.717, 1.165) is 21.3 Å². The molecule has 0 bridgehead atoms. The minimum atomic E-state index is -1.29. The summed E-state index contributed by atoms with van der Waals surface area (Å²) < 4.78 is 0.847. The lowest BCUT2D eigenvalue weighted by Crippen LogP contribution is -2.51. The minimum Gasteiger partial charge on any atom is -0.352 e. The predicted molar refractivity (Wildman–Crippen MR) is 153 cm³/mol. The van der Waals surface area contributed by atoms with Crippen molar-refractivity contribution in [3.63, 3.8) is 0 Å². The van der Waals surface area contributed by atoms with E-state index in [4.69, 9.17) is 0 Å². The Balaban J connectivity index is 1.54. The number of anilines is 2. The molecule has 7 rings (SSSR count). The number of carbonyl (C=O) groups is 3. The molecule has 3 aromatic carbocycles. The second-order valence-electron chi connectivity index (χ2n) is 9.77. The van der Waals surface area contributed by atoms with Gasteiger partial charge in [0, 0.05) is 21.4 Å². The molecule has 5 nitrogen and oxygen atoms in total. The number of halogens is 1. The van der Waals surface area contributed by atoms with Crippen molar-refractivity contribution in [3.8, 4) is 0 Å². The second-order valence-corrected chi connectivity index (χ2v) is 11.6. The third kappa shape index (κ3) is 3.12. The van der Waals surface area contributed by atoms with Crippen LogP contribution in [-0.4, -0.2) is 29.6 Å². The lowest BCUT2D eigenvalue weighted by molar-refractivity contribution is -0.121. The number of carbonyl (C=O) groups excluding carboxylic acids is 3. The highest BCUT2D eigenvalue weighted by molar-refractivity contribution is 9.10. The summed E-state index contributed by atoms with van der Waals surface area (Å²) >= 11 is 4.81. The van der Waals surface area contributed by atoms with E-state index in [1.54, 1.807) is 18.2 Å². The highest BCUT2D eigenvalue weighted by atomic mass is 79.9. The zero-order valence-electron chi connectivity index (χ0n) is 20.0. The number of rotatable bonds is 4. The molecular formula is C31H21BrN2O3S. The zero-order valence-corrected chi connectivity index (χ0v) is 22.4. The summed E-state index contributed by atoms with van der Waals surface area (Å²) in [4.78, 5) is 45.8. The van der Waals surface area contributed by atoms with Crippen molar-refractivity contribution >= 4 is 62.2 Å². The first-order valence-corrected chi connectivity index (χ1v) is 14.0.